The molecule has 0 radical (unpaired) electrons. The second-order valence-corrected chi connectivity index (χ2v) is 2.79. The molecule has 0 atom stereocenters. The molecule has 1 aromatic heterocycles. The highest BCUT2D eigenvalue weighted by molar-refractivity contribution is 9.10. The lowest BCUT2D eigenvalue weighted by Crippen LogP contribution is -1.92. The first-order valence-corrected chi connectivity index (χ1v) is 3.74. The predicted molar refractivity (Wildman–Crippen MR) is 39.7 cm³/mol. The van der Waals surface area contributed by atoms with E-state index < -0.39 is 6.43 Å². The van der Waals surface area contributed by atoms with Crippen LogP contribution in [-0.4, -0.2) is 9.97 Å². The number of nitrogens with zero attached hydrogens (tertiary/aromatic N) is 2. The topological polar surface area (TPSA) is 25.8 Å². The van der Waals surface area contributed by atoms with Crippen molar-refractivity contribution in [3.63, 3.8) is 0 Å². The Balaban J connectivity index is 3.05. The van der Waals surface area contributed by atoms with Crippen molar-refractivity contribution >= 4 is 27.5 Å². The molecule has 0 aromatic carbocycles. The number of alkyl halides is 2. The lowest BCUT2D eigenvalue weighted by Gasteiger charge is -1.98. The van der Waals surface area contributed by atoms with Gasteiger partial charge in [-0.3, -0.25) is 0 Å². The minimum atomic E-state index is -2.61. The molecule has 1 aromatic rings. The first kappa shape index (κ1) is 8.80. The van der Waals surface area contributed by atoms with Crippen LogP contribution in [-0.2, 0) is 0 Å². The van der Waals surface area contributed by atoms with E-state index in [1.54, 1.807) is 0 Å². The molecule has 0 aliphatic rings. The lowest BCUT2D eigenvalue weighted by atomic mass is 10.5. The summed E-state index contributed by atoms with van der Waals surface area (Å²) in [6, 6.07) is 0. The van der Waals surface area contributed by atoms with Crippen LogP contribution in [0.4, 0.5) is 8.78 Å². The summed E-state index contributed by atoms with van der Waals surface area (Å²) >= 11 is 8.30. The molecule has 0 aliphatic heterocycles. The third kappa shape index (κ3) is 2.07. The SMILES string of the molecule is FC(F)c1cnc(Cl)c(Br)n1. The van der Waals surface area contributed by atoms with Crippen molar-refractivity contribution in [1.29, 1.82) is 0 Å². The van der Waals surface area contributed by atoms with Crippen molar-refractivity contribution < 1.29 is 8.78 Å². The number of rotatable bonds is 1. The Labute approximate surface area is 74.7 Å². The number of hydrogen-bond donors (Lipinski definition) is 0. The Morgan fingerprint density at radius 2 is 2.18 bits per heavy atom. The first-order valence-electron chi connectivity index (χ1n) is 2.57. The molecule has 6 heteroatoms. The van der Waals surface area contributed by atoms with E-state index in [0.717, 1.165) is 6.20 Å². The fraction of sp³-hybridized carbons (Fsp3) is 0.200. The maximum Gasteiger partial charge on any atom is 0.281 e. The highest BCUT2D eigenvalue weighted by atomic mass is 79.9. The number of halogens is 4. The summed E-state index contributed by atoms with van der Waals surface area (Å²) < 4.78 is 24.0. The van der Waals surface area contributed by atoms with Crippen molar-refractivity contribution in [2.75, 3.05) is 0 Å². The van der Waals surface area contributed by atoms with Crippen LogP contribution in [0.3, 0.4) is 0 Å². The van der Waals surface area contributed by atoms with E-state index in [9.17, 15) is 8.78 Å². The van der Waals surface area contributed by atoms with Crippen LogP contribution < -0.4 is 0 Å². The van der Waals surface area contributed by atoms with Crippen molar-refractivity contribution in [1.82, 2.24) is 9.97 Å². The average Bonchev–Trinajstić information content (AvgIpc) is 1.94. The smallest absolute Gasteiger partial charge is 0.240 e. The van der Waals surface area contributed by atoms with Crippen molar-refractivity contribution in [2.45, 2.75) is 6.43 Å². The maximum absolute atomic E-state index is 11.9. The summed E-state index contributed by atoms with van der Waals surface area (Å²) in [5.41, 5.74) is -0.388. The lowest BCUT2D eigenvalue weighted by molar-refractivity contribution is 0.145. The van der Waals surface area contributed by atoms with E-state index in [-0.39, 0.29) is 15.5 Å². The highest BCUT2D eigenvalue weighted by Crippen LogP contribution is 2.21. The molecule has 11 heavy (non-hydrogen) atoms. The second-order valence-electron chi connectivity index (χ2n) is 1.68. The van der Waals surface area contributed by atoms with Gasteiger partial charge in [0.1, 0.15) is 10.3 Å². The van der Waals surface area contributed by atoms with Gasteiger partial charge in [0.15, 0.2) is 5.15 Å². The Morgan fingerprint density at radius 1 is 1.55 bits per heavy atom. The molecular formula is C5H2BrClF2N2. The van der Waals surface area contributed by atoms with Gasteiger partial charge in [-0.1, -0.05) is 11.6 Å². The summed E-state index contributed by atoms with van der Waals surface area (Å²) in [7, 11) is 0. The van der Waals surface area contributed by atoms with Crippen molar-refractivity contribution in [2.24, 2.45) is 0 Å². The van der Waals surface area contributed by atoms with Gasteiger partial charge in [-0.15, -0.1) is 0 Å². The predicted octanol–water partition coefficient (Wildman–Crippen LogP) is 2.83. The molecule has 0 fully saturated rings. The van der Waals surface area contributed by atoms with Gasteiger partial charge in [0.2, 0.25) is 0 Å². The summed E-state index contributed by atoms with van der Waals surface area (Å²) in [5.74, 6) is 0. The normalized spacial score (nSPS) is 10.6. The number of aromatic nitrogens is 2. The molecule has 60 valence electrons. The van der Waals surface area contributed by atoms with Gasteiger partial charge in [-0.2, -0.15) is 0 Å². The average molecular weight is 243 g/mol. The van der Waals surface area contributed by atoms with Crippen LogP contribution in [0.5, 0.6) is 0 Å². The second kappa shape index (κ2) is 3.40. The number of hydrogen-bond acceptors (Lipinski definition) is 2. The maximum atomic E-state index is 11.9. The largest absolute Gasteiger partial charge is 0.281 e. The molecule has 1 heterocycles. The molecular weight excluding hydrogens is 241 g/mol. The standard InChI is InChI=1S/C5H2BrClF2N2/c6-3-4(7)10-1-2(11-3)5(8)9/h1,5H. The third-order valence-corrected chi connectivity index (χ3v) is 1.99. The molecule has 0 saturated heterocycles. The van der Waals surface area contributed by atoms with Gasteiger partial charge >= 0.3 is 0 Å². The fourth-order valence-electron chi connectivity index (χ4n) is 0.470. The zero-order valence-corrected chi connectivity index (χ0v) is 7.40. The summed E-state index contributed by atoms with van der Waals surface area (Å²) in [6.07, 6.45) is -1.67. The molecule has 0 spiro atoms. The molecule has 0 amide bonds. The van der Waals surface area contributed by atoms with E-state index in [1.165, 1.54) is 0 Å². The molecule has 0 aliphatic carbocycles. The quantitative estimate of drug-likeness (QED) is 0.758. The van der Waals surface area contributed by atoms with Crippen molar-refractivity contribution in [3.8, 4) is 0 Å². The summed E-state index contributed by atoms with van der Waals surface area (Å²) in [5, 5.41) is 0.0781. The van der Waals surface area contributed by atoms with Gasteiger partial charge in [0, 0.05) is 0 Å². The van der Waals surface area contributed by atoms with E-state index in [1.807, 2.05) is 0 Å². The van der Waals surface area contributed by atoms with Gasteiger partial charge in [-0.05, 0) is 15.9 Å². The zero-order valence-electron chi connectivity index (χ0n) is 5.06. The molecule has 0 unspecified atom stereocenters. The van der Waals surface area contributed by atoms with E-state index in [2.05, 4.69) is 25.9 Å². The van der Waals surface area contributed by atoms with Crippen LogP contribution in [0.1, 0.15) is 12.1 Å². The van der Waals surface area contributed by atoms with Crippen LogP contribution in [0.15, 0.2) is 10.8 Å². The van der Waals surface area contributed by atoms with E-state index in [4.69, 9.17) is 11.6 Å². The van der Waals surface area contributed by atoms with Gasteiger partial charge in [0.25, 0.3) is 6.43 Å². The van der Waals surface area contributed by atoms with E-state index >= 15 is 0 Å². The zero-order chi connectivity index (χ0) is 8.43. The van der Waals surface area contributed by atoms with Gasteiger partial charge < -0.3 is 0 Å². The third-order valence-electron chi connectivity index (χ3n) is 0.931. The van der Waals surface area contributed by atoms with Crippen molar-refractivity contribution in [3.05, 3.63) is 21.6 Å². The summed E-state index contributed by atoms with van der Waals surface area (Å²) in [4.78, 5) is 6.92. The molecule has 1 rings (SSSR count). The molecule has 0 N–H and O–H groups in total. The molecule has 0 bridgehead atoms. The fourth-order valence-corrected chi connectivity index (χ4v) is 0.868. The highest BCUT2D eigenvalue weighted by Gasteiger charge is 2.10. The minimum Gasteiger partial charge on any atom is -0.240 e. The van der Waals surface area contributed by atoms with Gasteiger partial charge in [0.05, 0.1) is 6.20 Å². The van der Waals surface area contributed by atoms with Crippen LogP contribution in [0.25, 0.3) is 0 Å². The Morgan fingerprint density at radius 3 is 2.64 bits per heavy atom. The van der Waals surface area contributed by atoms with Crippen LogP contribution >= 0.6 is 27.5 Å². The summed E-state index contributed by atoms with van der Waals surface area (Å²) in [6.45, 7) is 0. The Bertz CT molecular complexity index is 269. The Hall–Kier alpha value is -0.290. The van der Waals surface area contributed by atoms with Gasteiger partial charge in [-0.25, -0.2) is 18.7 Å². The van der Waals surface area contributed by atoms with Crippen LogP contribution in [0.2, 0.25) is 5.15 Å². The Kier molecular flexibility index (Phi) is 2.72. The molecule has 0 saturated carbocycles. The first-order chi connectivity index (χ1) is 5.11. The van der Waals surface area contributed by atoms with Crippen LogP contribution in [0, 0.1) is 0 Å². The minimum absolute atomic E-state index is 0.0781. The monoisotopic (exact) mass is 242 g/mol. The molecule has 2 nitrogen and oxygen atoms in total. The van der Waals surface area contributed by atoms with E-state index in [0.29, 0.717) is 0 Å².